The lowest BCUT2D eigenvalue weighted by Crippen LogP contribution is -2.30. The van der Waals surface area contributed by atoms with Crippen LogP contribution in [0.3, 0.4) is 0 Å². The molecule has 2 aromatic rings. The average Bonchev–Trinajstić information content (AvgIpc) is 2.80. The Balaban J connectivity index is 2.21. The Kier molecular flexibility index (Phi) is 4.56. The van der Waals surface area contributed by atoms with Gasteiger partial charge in [0.25, 0.3) is 5.91 Å². The Bertz CT molecular complexity index is 643. The summed E-state index contributed by atoms with van der Waals surface area (Å²) in [6, 6.07) is 5.55. The molecular formula is C17H23NO3. The molecule has 0 radical (unpaired) electrons. The largest absolute Gasteiger partial charge is 0.497 e. The van der Waals surface area contributed by atoms with Gasteiger partial charge in [0, 0.05) is 17.5 Å². The number of aryl methyl sites for hydroxylation is 1. The normalized spacial score (nSPS) is 12.7. The Morgan fingerprint density at radius 3 is 2.67 bits per heavy atom. The van der Waals surface area contributed by atoms with Gasteiger partial charge in [0.2, 0.25) is 0 Å². The van der Waals surface area contributed by atoms with Gasteiger partial charge in [0.1, 0.15) is 11.3 Å². The second-order valence-electron chi connectivity index (χ2n) is 5.85. The first-order chi connectivity index (χ1) is 9.93. The third kappa shape index (κ3) is 3.20. The van der Waals surface area contributed by atoms with Gasteiger partial charge in [-0.3, -0.25) is 4.79 Å². The summed E-state index contributed by atoms with van der Waals surface area (Å²) in [4.78, 5) is 12.3. The highest BCUT2D eigenvalue weighted by atomic mass is 16.5. The Labute approximate surface area is 125 Å². The van der Waals surface area contributed by atoms with Crippen LogP contribution >= 0.6 is 0 Å². The van der Waals surface area contributed by atoms with Crippen LogP contribution in [0, 0.1) is 18.8 Å². The molecule has 1 aromatic heterocycles. The molecular weight excluding hydrogens is 266 g/mol. The van der Waals surface area contributed by atoms with Crippen molar-refractivity contribution < 1.29 is 13.9 Å². The molecule has 0 saturated heterocycles. The van der Waals surface area contributed by atoms with E-state index in [0.29, 0.717) is 29.7 Å². The highest BCUT2D eigenvalue weighted by molar-refractivity contribution is 5.99. The lowest BCUT2D eigenvalue weighted by Gasteiger charge is -2.15. The van der Waals surface area contributed by atoms with Gasteiger partial charge in [0.05, 0.1) is 7.11 Å². The van der Waals surface area contributed by atoms with E-state index in [-0.39, 0.29) is 5.91 Å². The number of furan rings is 1. The zero-order valence-electron chi connectivity index (χ0n) is 13.3. The molecule has 114 valence electrons. The smallest absolute Gasteiger partial charge is 0.287 e. The molecule has 4 nitrogen and oxygen atoms in total. The first kappa shape index (κ1) is 15.4. The van der Waals surface area contributed by atoms with Crippen molar-refractivity contribution in [3.63, 3.8) is 0 Å². The quantitative estimate of drug-likeness (QED) is 0.911. The third-order valence-electron chi connectivity index (χ3n) is 4.07. The van der Waals surface area contributed by atoms with Crippen LogP contribution in [0.25, 0.3) is 11.0 Å². The van der Waals surface area contributed by atoms with E-state index < -0.39 is 0 Å². The maximum absolute atomic E-state index is 12.3. The second kappa shape index (κ2) is 6.20. The summed E-state index contributed by atoms with van der Waals surface area (Å²) in [6.07, 6.45) is 0. The Hall–Kier alpha value is -1.97. The first-order valence-corrected chi connectivity index (χ1v) is 7.29. The average molecular weight is 289 g/mol. The molecule has 1 heterocycles. The summed E-state index contributed by atoms with van der Waals surface area (Å²) in [7, 11) is 1.62. The number of fused-ring (bicyclic) bond motifs is 1. The van der Waals surface area contributed by atoms with Crippen LogP contribution < -0.4 is 10.1 Å². The van der Waals surface area contributed by atoms with Crippen LogP contribution in [0.1, 0.15) is 36.9 Å². The number of benzene rings is 1. The second-order valence-corrected chi connectivity index (χ2v) is 5.85. The topological polar surface area (TPSA) is 51.5 Å². The van der Waals surface area contributed by atoms with E-state index in [1.807, 2.05) is 25.1 Å². The predicted molar refractivity (Wildman–Crippen MR) is 83.8 cm³/mol. The van der Waals surface area contributed by atoms with Gasteiger partial charge in [-0.1, -0.05) is 20.8 Å². The molecule has 21 heavy (non-hydrogen) atoms. The highest BCUT2D eigenvalue weighted by Crippen LogP contribution is 2.28. The fourth-order valence-electron chi connectivity index (χ4n) is 2.11. The minimum Gasteiger partial charge on any atom is -0.497 e. The fraction of sp³-hybridized carbons (Fsp3) is 0.471. The van der Waals surface area contributed by atoms with Gasteiger partial charge in [-0.25, -0.2) is 0 Å². The molecule has 1 N–H and O–H groups in total. The molecule has 0 aliphatic rings. The van der Waals surface area contributed by atoms with Crippen LogP contribution in [-0.2, 0) is 0 Å². The van der Waals surface area contributed by atoms with Crippen molar-refractivity contribution in [3.8, 4) is 5.75 Å². The molecule has 0 aliphatic carbocycles. The monoisotopic (exact) mass is 289 g/mol. The molecule has 1 amide bonds. The van der Waals surface area contributed by atoms with E-state index in [2.05, 4.69) is 26.1 Å². The van der Waals surface area contributed by atoms with Gasteiger partial charge in [-0.05, 0) is 37.0 Å². The van der Waals surface area contributed by atoms with E-state index in [1.165, 1.54) is 0 Å². The van der Waals surface area contributed by atoms with Crippen LogP contribution in [0.5, 0.6) is 5.75 Å². The predicted octanol–water partition coefficient (Wildman–Crippen LogP) is 3.77. The lowest BCUT2D eigenvalue weighted by atomic mass is 9.98. The van der Waals surface area contributed by atoms with Crippen LogP contribution in [0.2, 0.25) is 0 Å². The van der Waals surface area contributed by atoms with E-state index >= 15 is 0 Å². The number of carbonyl (C=O) groups excluding carboxylic acids is 1. The minimum atomic E-state index is -0.157. The van der Waals surface area contributed by atoms with Crippen molar-refractivity contribution >= 4 is 16.9 Å². The fourth-order valence-corrected chi connectivity index (χ4v) is 2.11. The maximum atomic E-state index is 12.3. The Morgan fingerprint density at radius 1 is 1.33 bits per heavy atom. The maximum Gasteiger partial charge on any atom is 0.287 e. The number of amides is 1. The van der Waals surface area contributed by atoms with Gasteiger partial charge in [0.15, 0.2) is 5.76 Å². The van der Waals surface area contributed by atoms with Crippen LogP contribution in [0.15, 0.2) is 22.6 Å². The number of nitrogens with one attached hydrogen (secondary N) is 1. The van der Waals surface area contributed by atoms with Crippen molar-refractivity contribution in [2.75, 3.05) is 13.7 Å². The van der Waals surface area contributed by atoms with Crippen molar-refractivity contribution in [2.24, 2.45) is 11.8 Å². The molecule has 0 spiro atoms. The molecule has 0 saturated carbocycles. The van der Waals surface area contributed by atoms with Gasteiger partial charge >= 0.3 is 0 Å². The lowest BCUT2D eigenvalue weighted by molar-refractivity contribution is 0.0918. The number of carbonyl (C=O) groups is 1. The summed E-state index contributed by atoms with van der Waals surface area (Å²) in [6.45, 7) is 8.97. The summed E-state index contributed by atoms with van der Waals surface area (Å²) in [5.41, 5.74) is 1.55. The highest BCUT2D eigenvalue weighted by Gasteiger charge is 2.19. The molecule has 1 aromatic carbocycles. The molecule has 2 rings (SSSR count). The standard InChI is InChI=1S/C17H23NO3/c1-10(2)11(3)9-18-17(19)16-12(4)14-8-13(20-5)6-7-15(14)21-16/h6-8,10-11H,9H2,1-5H3,(H,18,19)/t11-/m1/s1. The van der Waals surface area contributed by atoms with Crippen molar-refractivity contribution in [3.05, 3.63) is 29.5 Å². The van der Waals surface area contributed by atoms with Gasteiger partial charge in [-0.15, -0.1) is 0 Å². The zero-order valence-corrected chi connectivity index (χ0v) is 13.3. The van der Waals surface area contributed by atoms with Crippen molar-refractivity contribution in [1.29, 1.82) is 0 Å². The van der Waals surface area contributed by atoms with E-state index in [1.54, 1.807) is 7.11 Å². The first-order valence-electron chi connectivity index (χ1n) is 7.29. The minimum absolute atomic E-state index is 0.157. The van der Waals surface area contributed by atoms with E-state index in [4.69, 9.17) is 9.15 Å². The SMILES string of the molecule is COc1ccc2oc(C(=O)NC[C@@H](C)C(C)C)c(C)c2c1. The van der Waals surface area contributed by atoms with E-state index in [9.17, 15) is 4.79 Å². The number of rotatable bonds is 5. The summed E-state index contributed by atoms with van der Waals surface area (Å²) in [5, 5.41) is 3.86. The van der Waals surface area contributed by atoms with Gasteiger partial charge < -0.3 is 14.5 Å². The molecule has 0 aliphatic heterocycles. The van der Waals surface area contributed by atoms with E-state index in [0.717, 1.165) is 16.7 Å². The number of ether oxygens (including phenoxy) is 1. The molecule has 0 unspecified atom stereocenters. The van der Waals surface area contributed by atoms with Crippen molar-refractivity contribution in [1.82, 2.24) is 5.32 Å². The Morgan fingerprint density at radius 2 is 2.05 bits per heavy atom. The number of hydrogen-bond acceptors (Lipinski definition) is 3. The molecule has 4 heteroatoms. The third-order valence-corrected chi connectivity index (χ3v) is 4.07. The zero-order chi connectivity index (χ0) is 15.6. The van der Waals surface area contributed by atoms with Gasteiger partial charge in [-0.2, -0.15) is 0 Å². The molecule has 0 fully saturated rings. The summed E-state index contributed by atoms with van der Waals surface area (Å²) < 4.78 is 10.9. The number of hydrogen-bond donors (Lipinski definition) is 1. The summed E-state index contributed by atoms with van der Waals surface area (Å²) >= 11 is 0. The molecule has 1 atom stereocenters. The summed E-state index contributed by atoms with van der Waals surface area (Å²) in [5.74, 6) is 1.95. The van der Waals surface area contributed by atoms with Crippen molar-refractivity contribution in [2.45, 2.75) is 27.7 Å². The number of methoxy groups -OCH3 is 1. The van der Waals surface area contributed by atoms with Crippen LogP contribution in [-0.4, -0.2) is 19.6 Å². The van der Waals surface area contributed by atoms with Crippen LogP contribution in [0.4, 0.5) is 0 Å². The molecule has 0 bridgehead atoms.